The second kappa shape index (κ2) is 12.3. The maximum absolute atomic E-state index is 12.7. The van der Waals surface area contributed by atoms with Gasteiger partial charge in [-0.3, -0.25) is 4.79 Å². The van der Waals surface area contributed by atoms with Crippen molar-refractivity contribution in [3.63, 3.8) is 0 Å². The lowest BCUT2D eigenvalue weighted by atomic mass is 10.1. The lowest BCUT2D eigenvalue weighted by Crippen LogP contribution is -2.28. The quantitative estimate of drug-likeness (QED) is 0.332. The van der Waals surface area contributed by atoms with E-state index in [1.165, 1.54) is 0 Å². The average Bonchev–Trinajstić information content (AvgIpc) is 2.78. The maximum atomic E-state index is 12.7. The highest BCUT2D eigenvalue weighted by atomic mass is 16.5. The van der Waals surface area contributed by atoms with Gasteiger partial charge in [0.15, 0.2) is 0 Å². The third-order valence-electron chi connectivity index (χ3n) is 4.22. The number of hydrogen-bond donors (Lipinski definition) is 1. The monoisotopic (exact) mass is 411 g/mol. The van der Waals surface area contributed by atoms with Crippen molar-refractivity contribution in [2.75, 3.05) is 20.3 Å². The molecule has 0 aromatic heterocycles. The predicted octanol–water partition coefficient (Wildman–Crippen LogP) is 4.60. The van der Waals surface area contributed by atoms with Crippen molar-refractivity contribution in [2.24, 2.45) is 0 Å². The molecule has 0 aliphatic rings. The van der Waals surface area contributed by atoms with Crippen molar-refractivity contribution in [2.45, 2.75) is 33.1 Å². The van der Waals surface area contributed by atoms with Crippen LogP contribution in [0.4, 0.5) is 0 Å². The van der Waals surface area contributed by atoms with Gasteiger partial charge >= 0.3 is 5.97 Å². The van der Waals surface area contributed by atoms with Crippen molar-refractivity contribution >= 4 is 18.0 Å². The fourth-order valence-corrected chi connectivity index (χ4v) is 2.52. The van der Waals surface area contributed by atoms with E-state index >= 15 is 0 Å². The number of nitrogens with one attached hydrogen (secondary N) is 1. The van der Waals surface area contributed by atoms with Crippen LogP contribution in [-0.2, 0) is 9.53 Å². The molecule has 0 heterocycles. The van der Waals surface area contributed by atoms with E-state index in [0.29, 0.717) is 30.1 Å². The molecule has 6 heteroatoms. The van der Waals surface area contributed by atoms with Gasteiger partial charge in [-0.1, -0.05) is 32.4 Å². The molecule has 6 nitrogen and oxygen atoms in total. The summed E-state index contributed by atoms with van der Waals surface area (Å²) in [6, 6.07) is 14.0. The molecule has 1 N–H and O–H groups in total. The molecule has 0 bridgehead atoms. The van der Waals surface area contributed by atoms with Crippen LogP contribution in [0.25, 0.3) is 6.08 Å². The number of rotatable bonds is 11. The van der Waals surface area contributed by atoms with E-state index in [1.807, 2.05) is 6.92 Å². The number of hydrogen-bond acceptors (Lipinski definition) is 5. The molecule has 0 radical (unpaired) electrons. The molecule has 2 rings (SSSR count). The fourth-order valence-electron chi connectivity index (χ4n) is 2.52. The van der Waals surface area contributed by atoms with Crippen LogP contribution in [0.3, 0.4) is 0 Å². The molecule has 0 unspecified atom stereocenters. The molecule has 0 saturated carbocycles. The number of benzene rings is 2. The van der Waals surface area contributed by atoms with Crippen LogP contribution in [0.2, 0.25) is 0 Å². The zero-order valence-corrected chi connectivity index (χ0v) is 17.8. The van der Waals surface area contributed by atoms with E-state index in [-0.39, 0.29) is 12.3 Å². The Morgan fingerprint density at radius 3 is 2.17 bits per heavy atom. The maximum Gasteiger partial charge on any atom is 0.354 e. The molecule has 0 aliphatic carbocycles. The molecular weight excluding hydrogens is 382 g/mol. The third-order valence-corrected chi connectivity index (χ3v) is 4.22. The van der Waals surface area contributed by atoms with Gasteiger partial charge < -0.3 is 19.5 Å². The van der Waals surface area contributed by atoms with Crippen LogP contribution < -0.4 is 14.8 Å². The van der Waals surface area contributed by atoms with Gasteiger partial charge in [0.05, 0.1) is 20.3 Å². The predicted molar refractivity (Wildman–Crippen MR) is 117 cm³/mol. The summed E-state index contributed by atoms with van der Waals surface area (Å²) in [4.78, 5) is 25.1. The van der Waals surface area contributed by atoms with E-state index < -0.39 is 11.9 Å². The summed E-state index contributed by atoms with van der Waals surface area (Å²) in [5.74, 6) is 0.424. The zero-order chi connectivity index (χ0) is 21.8. The summed E-state index contributed by atoms with van der Waals surface area (Å²) in [5.41, 5.74) is 1.22. The number of methoxy groups -OCH3 is 1. The Hall–Kier alpha value is -3.28. The number of carbonyl (C=O) groups excluding carboxylic acids is 2. The first-order chi connectivity index (χ1) is 14.6. The van der Waals surface area contributed by atoms with E-state index in [1.54, 1.807) is 61.7 Å². The second-order valence-electron chi connectivity index (χ2n) is 6.65. The molecule has 2 aromatic rings. The van der Waals surface area contributed by atoms with Gasteiger partial charge in [-0.2, -0.15) is 0 Å². The summed E-state index contributed by atoms with van der Waals surface area (Å²) >= 11 is 0. The Morgan fingerprint density at radius 2 is 1.57 bits per heavy atom. The zero-order valence-electron chi connectivity index (χ0n) is 17.8. The van der Waals surface area contributed by atoms with Gasteiger partial charge in [-0.25, -0.2) is 4.79 Å². The Kier molecular flexibility index (Phi) is 9.45. The van der Waals surface area contributed by atoms with Crippen LogP contribution >= 0.6 is 0 Å². The van der Waals surface area contributed by atoms with E-state index in [4.69, 9.17) is 14.2 Å². The van der Waals surface area contributed by atoms with Crippen molar-refractivity contribution in [1.29, 1.82) is 0 Å². The molecule has 2 aromatic carbocycles. The van der Waals surface area contributed by atoms with Crippen LogP contribution in [-0.4, -0.2) is 32.2 Å². The molecule has 30 heavy (non-hydrogen) atoms. The number of amides is 1. The van der Waals surface area contributed by atoms with Gasteiger partial charge in [-0.15, -0.1) is 0 Å². The molecule has 0 atom stereocenters. The highest BCUT2D eigenvalue weighted by Crippen LogP contribution is 2.16. The van der Waals surface area contributed by atoms with Gasteiger partial charge in [-0.05, 0) is 60.9 Å². The minimum Gasteiger partial charge on any atom is -0.497 e. The summed E-state index contributed by atoms with van der Waals surface area (Å²) in [7, 11) is 1.58. The number of unbranched alkanes of at least 4 members (excludes halogenated alkanes) is 1. The van der Waals surface area contributed by atoms with Crippen LogP contribution in [0.15, 0.2) is 54.2 Å². The highest BCUT2D eigenvalue weighted by Gasteiger charge is 2.16. The van der Waals surface area contributed by atoms with Crippen molar-refractivity contribution in [3.8, 4) is 11.5 Å². The van der Waals surface area contributed by atoms with Crippen LogP contribution in [0.1, 0.15) is 49.0 Å². The van der Waals surface area contributed by atoms with Crippen LogP contribution in [0, 0.1) is 0 Å². The van der Waals surface area contributed by atoms with Gasteiger partial charge in [0.25, 0.3) is 5.91 Å². The number of carbonyl (C=O) groups is 2. The van der Waals surface area contributed by atoms with Gasteiger partial charge in [0, 0.05) is 5.56 Å². The van der Waals surface area contributed by atoms with Crippen molar-refractivity contribution in [3.05, 3.63) is 65.4 Å². The summed E-state index contributed by atoms with van der Waals surface area (Å²) < 4.78 is 16.0. The molecule has 0 saturated heterocycles. The van der Waals surface area contributed by atoms with Gasteiger partial charge in [0.1, 0.15) is 17.2 Å². The Morgan fingerprint density at radius 1 is 0.900 bits per heavy atom. The average molecular weight is 411 g/mol. The van der Waals surface area contributed by atoms with Crippen molar-refractivity contribution in [1.82, 2.24) is 5.32 Å². The smallest absolute Gasteiger partial charge is 0.354 e. The summed E-state index contributed by atoms with van der Waals surface area (Å²) in [6.45, 7) is 4.92. The number of esters is 1. The van der Waals surface area contributed by atoms with E-state index in [9.17, 15) is 9.59 Å². The third kappa shape index (κ3) is 7.28. The number of ether oxygens (including phenoxy) is 3. The Balaban J connectivity index is 2.14. The minimum atomic E-state index is -0.583. The first-order valence-electron chi connectivity index (χ1n) is 10.1. The highest BCUT2D eigenvalue weighted by molar-refractivity contribution is 6.03. The van der Waals surface area contributed by atoms with Gasteiger partial charge in [0.2, 0.25) is 0 Å². The molecule has 0 fully saturated rings. The normalized spacial score (nSPS) is 11.0. The molecule has 0 spiro atoms. The first-order valence-corrected chi connectivity index (χ1v) is 10.1. The van der Waals surface area contributed by atoms with Crippen LogP contribution in [0.5, 0.6) is 11.5 Å². The Bertz CT molecular complexity index is 841. The SMILES string of the molecule is CCCCOc1ccc(C(=O)N/C(=C/c2ccc(OC)cc2)C(=O)OCCC)cc1. The summed E-state index contributed by atoms with van der Waals surface area (Å²) in [5, 5.41) is 2.67. The lowest BCUT2D eigenvalue weighted by molar-refractivity contribution is -0.139. The largest absolute Gasteiger partial charge is 0.497 e. The molecular formula is C24H29NO5. The first kappa shape index (κ1) is 23.0. The van der Waals surface area contributed by atoms with E-state index in [2.05, 4.69) is 12.2 Å². The summed E-state index contributed by atoms with van der Waals surface area (Å²) in [6.07, 6.45) is 4.30. The Labute approximate surface area is 177 Å². The standard InChI is InChI=1S/C24H29NO5/c1-4-6-16-29-21-13-9-19(10-14-21)23(26)25-22(24(27)30-15-5-2)17-18-7-11-20(28-3)12-8-18/h7-14,17H,4-6,15-16H2,1-3H3,(H,25,26)/b22-17+. The molecule has 160 valence electrons. The molecule has 1 amide bonds. The minimum absolute atomic E-state index is 0.0712. The lowest BCUT2D eigenvalue weighted by Gasteiger charge is -2.11. The van der Waals surface area contributed by atoms with E-state index in [0.717, 1.165) is 18.4 Å². The van der Waals surface area contributed by atoms with Crippen molar-refractivity contribution < 1.29 is 23.8 Å². The second-order valence-corrected chi connectivity index (χ2v) is 6.65. The fraction of sp³-hybridized carbons (Fsp3) is 0.333. The molecule has 0 aliphatic heterocycles. The topological polar surface area (TPSA) is 73.9 Å².